The Hall–Kier alpha value is -8.15. The van der Waals surface area contributed by atoms with Gasteiger partial charge in [-0.2, -0.15) is 0 Å². The summed E-state index contributed by atoms with van der Waals surface area (Å²) in [5, 5.41) is 7.34. The SMILES string of the molecule is c1ccc(-c2nc(-c3ccc(-c4ccc(-n5c6ccccc6c6c7ccccc7ccc65)cc4)cc3)nc(-c3cccc4c3c3ccccc3n4-c3ccccc3)n2)cc1. The lowest BCUT2D eigenvalue weighted by Crippen LogP contribution is -2.00. The minimum atomic E-state index is 0.628. The highest BCUT2D eigenvalue weighted by atomic mass is 15.0. The number of aromatic nitrogens is 5. The maximum atomic E-state index is 5.22. The van der Waals surface area contributed by atoms with Crippen LogP contribution >= 0.6 is 0 Å². The highest BCUT2D eigenvalue weighted by molar-refractivity contribution is 6.21. The van der Waals surface area contributed by atoms with Crippen molar-refractivity contribution >= 4 is 54.4 Å². The van der Waals surface area contributed by atoms with E-state index in [9.17, 15) is 0 Å². The second kappa shape index (κ2) is 13.8. The second-order valence-electron chi connectivity index (χ2n) is 15.2. The Labute approximate surface area is 346 Å². The molecule has 0 bridgehead atoms. The Bertz CT molecular complexity index is 3570. The molecule has 0 fully saturated rings. The summed E-state index contributed by atoms with van der Waals surface area (Å²) in [6.07, 6.45) is 0. The summed E-state index contributed by atoms with van der Waals surface area (Å²) in [5.74, 6) is 1.90. The molecular weight excluding hydrogens is 731 g/mol. The zero-order valence-corrected chi connectivity index (χ0v) is 32.4. The molecule has 12 aromatic rings. The van der Waals surface area contributed by atoms with Gasteiger partial charge in [0.1, 0.15) is 0 Å². The van der Waals surface area contributed by atoms with E-state index < -0.39 is 0 Å². The summed E-state index contributed by atoms with van der Waals surface area (Å²) in [6.45, 7) is 0. The first-order chi connectivity index (χ1) is 29.8. The van der Waals surface area contributed by atoms with E-state index in [0.29, 0.717) is 17.5 Å². The Balaban J connectivity index is 0.947. The minimum absolute atomic E-state index is 0.628. The molecule has 3 heterocycles. The van der Waals surface area contributed by atoms with Gasteiger partial charge in [-0.15, -0.1) is 0 Å². The zero-order chi connectivity index (χ0) is 39.6. The lowest BCUT2D eigenvalue weighted by molar-refractivity contribution is 1.08. The van der Waals surface area contributed by atoms with Gasteiger partial charge >= 0.3 is 0 Å². The van der Waals surface area contributed by atoms with E-state index in [-0.39, 0.29) is 0 Å². The number of fused-ring (bicyclic) bond motifs is 8. The van der Waals surface area contributed by atoms with Crippen molar-refractivity contribution in [1.82, 2.24) is 24.1 Å². The van der Waals surface area contributed by atoms with Crippen LogP contribution in [-0.2, 0) is 0 Å². The quantitative estimate of drug-likeness (QED) is 0.169. The number of para-hydroxylation sites is 3. The predicted molar refractivity (Wildman–Crippen MR) is 248 cm³/mol. The largest absolute Gasteiger partial charge is 0.309 e. The molecule has 9 aromatic carbocycles. The van der Waals surface area contributed by atoms with E-state index in [2.05, 4.69) is 203 Å². The van der Waals surface area contributed by atoms with Crippen LogP contribution in [0.15, 0.2) is 212 Å². The van der Waals surface area contributed by atoms with Gasteiger partial charge in [-0.1, -0.05) is 164 Å². The van der Waals surface area contributed by atoms with E-state index >= 15 is 0 Å². The average molecular weight is 766 g/mol. The third-order valence-corrected chi connectivity index (χ3v) is 11.8. The molecule has 0 aliphatic carbocycles. The number of hydrogen-bond acceptors (Lipinski definition) is 3. The molecule has 0 unspecified atom stereocenters. The van der Waals surface area contributed by atoms with E-state index in [1.807, 2.05) is 18.2 Å². The summed E-state index contributed by atoms with van der Waals surface area (Å²) in [5.41, 5.74) is 12.0. The number of hydrogen-bond donors (Lipinski definition) is 0. The predicted octanol–water partition coefficient (Wildman–Crippen LogP) is 13.9. The molecule has 60 heavy (non-hydrogen) atoms. The molecule has 12 rings (SSSR count). The molecule has 0 radical (unpaired) electrons. The fourth-order valence-corrected chi connectivity index (χ4v) is 9.03. The highest BCUT2D eigenvalue weighted by Gasteiger charge is 2.20. The van der Waals surface area contributed by atoms with Gasteiger partial charge in [0.25, 0.3) is 0 Å². The van der Waals surface area contributed by atoms with Crippen LogP contribution in [0.4, 0.5) is 0 Å². The van der Waals surface area contributed by atoms with Crippen molar-refractivity contribution in [2.24, 2.45) is 0 Å². The molecule has 5 nitrogen and oxygen atoms in total. The first-order valence-corrected chi connectivity index (χ1v) is 20.3. The van der Waals surface area contributed by atoms with Crippen LogP contribution < -0.4 is 0 Å². The molecule has 0 amide bonds. The molecule has 3 aromatic heterocycles. The van der Waals surface area contributed by atoms with Crippen LogP contribution in [-0.4, -0.2) is 24.1 Å². The second-order valence-corrected chi connectivity index (χ2v) is 15.2. The Morgan fingerprint density at radius 3 is 1.42 bits per heavy atom. The van der Waals surface area contributed by atoms with Gasteiger partial charge in [-0.3, -0.25) is 0 Å². The van der Waals surface area contributed by atoms with Crippen LogP contribution in [0, 0.1) is 0 Å². The van der Waals surface area contributed by atoms with Crippen LogP contribution in [0.1, 0.15) is 0 Å². The first-order valence-electron chi connectivity index (χ1n) is 20.3. The number of nitrogens with zero attached hydrogens (tertiary/aromatic N) is 5. The van der Waals surface area contributed by atoms with Crippen molar-refractivity contribution in [1.29, 1.82) is 0 Å². The molecule has 0 N–H and O–H groups in total. The van der Waals surface area contributed by atoms with Crippen molar-refractivity contribution in [3.8, 4) is 56.7 Å². The number of benzene rings is 9. The van der Waals surface area contributed by atoms with E-state index in [1.54, 1.807) is 0 Å². The van der Waals surface area contributed by atoms with E-state index in [0.717, 1.165) is 61.0 Å². The Kier molecular flexibility index (Phi) is 7.78. The average Bonchev–Trinajstić information content (AvgIpc) is 3.86. The minimum Gasteiger partial charge on any atom is -0.309 e. The molecule has 0 saturated heterocycles. The van der Waals surface area contributed by atoms with Gasteiger partial charge in [0.15, 0.2) is 17.5 Å². The summed E-state index contributed by atoms with van der Waals surface area (Å²) >= 11 is 0. The van der Waals surface area contributed by atoms with Crippen molar-refractivity contribution in [3.05, 3.63) is 212 Å². The number of rotatable bonds is 6. The van der Waals surface area contributed by atoms with Gasteiger partial charge in [0.2, 0.25) is 0 Å². The van der Waals surface area contributed by atoms with Crippen molar-refractivity contribution in [2.45, 2.75) is 0 Å². The summed E-state index contributed by atoms with van der Waals surface area (Å²) in [4.78, 5) is 15.4. The topological polar surface area (TPSA) is 48.5 Å². The molecular formula is C55H35N5. The molecule has 0 saturated carbocycles. The van der Waals surface area contributed by atoms with Crippen molar-refractivity contribution < 1.29 is 0 Å². The molecule has 0 aliphatic rings. The zero-order valence-electron chi connectivity index (χ0n) is 32.4. The summed E-state index contributed by atoms with van der Waals surface area (Å²) in [6, 6.07) is 75.0. The monoisotopic (exact) mass is 765 g/mol. The lowest BCUT2D eigenvalue weighted by Gasteiger charge is -2.11. The first kappa shape index (κ1) is 33.9. The Morgan fingerprint density at radius 1 is 0.267 bits per heavy atom. The van der Waals surface area contributed by atoms with Crippen molar-refractivity contribution in [3.63, 3.8) is 0 Å². The maximum Gasteiger partial charge on any atom is 0.164 e. The molecule has 280 valence electrons. The normalized spacial score (nSPS) is 11.7. The highest BCUT2D eigenvalue weighted by Crippen LogP contribution is 2.40. The standard InChI is InChI=1S/C55H35N5/c1-3-15-39(16-4-1)53-56-54(58-55(57-53)46-22-13-25-49-52(46)45-21-10-12-24-48(45)59(49)41-17-5-2-6-18-41)40-28-26-36(27-29-40)37-30-33-42(34-31-37)60-47-23-11-9-20-44(47)51-43-19-8-7-14-38(43)32-35-50(51)60/h1-35H. The van der Waals surface area contributed by atoms with Crippen LogP contribution in [0.5, 0.6) is 0 Å². The molecule has 0 aliphatic heterocycles. The van der Waals surface area contributed by atoms with Gasteiger partial charge < -0.3 is 9.13 Å². The van der Waals surface area contributed by atoms with Crippen LogP contribution in [0.25, 0.3) is 111 Å². The van der Waals surface area contributed by atoms with Gasteiger partial charge in [-0.05, 0) is 70.4 Å². The fraction of sp³-hybridized carbons (Fsp3) is 0. The Morgan fingerprint density at radius 2 is 0.733 bits per heavy atom. The third-order valence-electron chi connectivity index (χ3n) is 11.8. The van der Waals surface area contributed by atoms with Gasteiger partial charge in [0, 0.05) is 49.6 Å². The van der Waals surface area contributed by atoms with Crippen LogP contribution in [0.2, 0.25) is 0 Å². The third kappa shape index (κ3) is 5.44. The van der Waals surface area contributed by atoms with E-state index in [1.165, 1.54) is 32.6 Å². The molecule has 5 heteroatoms. The van der Waals surface area contributed by atoms with Gasteiger partial charge in [-0.25, -0.2) is 15.0 Å². The summed E-state index contributed by atoms with van der Waals surface area (Å²) < 4.78 is 4.71. The van der Waals surface area contributed by atoms with Crippen molar-refractivity contribution in [2.75, 3.05) is 0 Å². The maximum absolute atomic E-state index is 5.22. The van der Waals surface area contributed by atoms with E-state index in [4.69, 9.17) is 15.0 Å². The smallest absolute Gasteiger partial charge is 0.164 e. The molecule has 0 spiro atoms. The van der Waals surface area contributed by atoms with Gasteiger partial charge in [0.05, 0.1) is 22.1 Å². The molecule has 0 atom stereocenters. The lowest BCUT2D eigenvalue weighted by atomic mass is 10.0. The fourth-order valence-electron chi connectivity index (χ4n) is 9.03. The summed E-state index contributed by atoms with van der Waals surface area (Å²) in [7, 11) is 0. The van der Waals surface area contributed by atoms with Crippen LogP contribution in [0.3, 0.4) is 0 Å².